The number of aliphatic carboxylic acids is 1. The van der Waals surface area contributed by atoms with Crippen LogP contribution in [0.15, 0.2) is 77.7 Å². The van der Waals surface area contributed by atoms with Crippen molar-refractivity contribution in [2.24, 2.45) is 5.92 Å². The molecule has 45 heavy (non-hydrogen) atoms. The first-order chi connectivity index (χ1) is 21.2. The third-order valence-electron chi connectivity index (χ3n) is 8.45. The average molecular weight is 643 g/mol. The van der Waals surface area contributed by atoms with Crippen molar-refractivity contribution in [3.05, 3.63) is 89.5 Å². The monoisotopic (exact) mass is 642 g/mol. The summed E-state index contributed by atoms with van der Waals surface area (Å²) in [5, 5.41) is 14.4. The van der Waals surface area contributed by atoms with Crippen molar-refractivity contribution in [1.82, 2.24) is 9.62 Å². The van der Waals surface area contributed by atoms with Crippen molar-refractivity contribution in [2.45, 2.75) is 75.8 Å². The predicted octanol–water partition coefficient (Wildman–Crippen LogP) is 2.82. The Labute approximate surface area is 284 Å². The van der Waals surface area contributed by atoms with Gasteiger partial charge in [-0.25, -0.2) is 8.42 Å². The summed E-state index contributed by atoms with van der Waals surface area (Å²) in [5.41, 5.74) is 3.46. The van der Waals surface area contributed by atoms with Crippen molar-refractivity contribution in [3.8, 4) is 11.1 Å². The first-order valence-corrected chi connectivity index (χ1v) is 18.3. The van der Waals surface area contributed by atoms with Crippen LogP contribution in [0.3, 0.4) is 0 Å². The van der Waals surface area contributed by atoms with Crippen molar-refractivity contribution < 1.29 is 42.0 Å². The van der Waals surface area contributed by atoms with E-state index in [1.54, 1.807) is 46.8 Å². The Morgan fingerprint density at radius 2 is 1.67 bits per heavy atom. The zero-order valence-corrected chi connectivity index (χ0v) is 28.3. The molecule has 0 aliphatic heterocycles. The van der Waals surface area contributed by atoms with Gasteiger partial charge in [-0.1, -0.05) is 80.6 Å². The fraction of sp³-hybridized carbons (Fsp3) is 0.429. The van der Waals surface area contributed by atoms with Crippen molar-refractivity contribution >= 4 is 33.7 Å². The van der Waals surface area contributed by atoms with Crippen LogP contribution in [0.2, 0.25) is 0 Å². The van der Waals surface area contributed by atoms with Crippen LogP contribution in [0.4, 0.5) is 0 Å². The maximum Gasteiger partial charge on any atom is 1.00 e. The number of amides is 1. The molecular weight excluding hydrogens is 599 g/mol. The molecule has 1 atom stereocenters. The number of hydrogen-bond donors (Lipinski definition) is 1. The number of rotatable bonds is 15. The van der Waals surface area contributed by atoms with Crippen LogP contribution in [-0.4, -0.2) is 49.2 Å². The number of carbonyl (C=O) groups excluding carboxylic acids is 2. The summed E-state index contributed by atoms with van der Waals surface area (Å²) in [6, 6.07) is 20.4. The van der Waals surface area contributed by atoms with E-state index in [9.17, 15) is 23.1 Å². The molecule has 3 aromatic carbocycles. The molecule has 236 valence electrons. The molecule has 1 saturated carbocycles. The van der Waals surface area contributed by atoms with Gasteiger partial charge in [0.15, 0.2) is 0 Å². The Morgan fingerprint density at radius 3 is 2.33 bits per heavy atom. The largest absolute Gasteiger partial charge is 1.00 e. The minimum atomic E-state index is -3.77. The van der Waals surface area contributed by atoms with Gasteiger partial charge in [-0.05, 0) is 90.6 Å². The van der Waals surface area contributed by atoms with Crippen LogP contribution in [0, 0.1) is 12.8 Å². The van der Waals surface area contributed by atoms with E-state index in [1.807, 2.05) is 43.5 Å². The fourth-order valence-corrected chi connectivity index (χ4v) is 7.93. The quantitative estimate of drug-likeness (QED) is 0.256. The first kappa shape index (κ1) is 36.9. The van der Waals surface area contributed by atoms with Gasteiger partial charge in [-0.15, -0.1) is 0 Å². The first-order valence-electron chi connectivity index (χ1n) is 15.5. The molecule has 0 aromatic heterocycles. The maximum atomic E-state index is 13.9. The molecule has 7 nitrogen and oxygen atoms in total. The van der Waals surface area contributed by atoms with Gasteiger partial charge in [0.25, 0.3) is 5.91 Å². The second kappa shape index (κ2) is 18.0. The van der Waals surface area contributed by atoms with Crippen LogP contribution in [0.5, 0.6) is 0 Å². The molecule has 1 fully saturated rings. The molecule has 0 radical (unpaired) electrons. The van der Waals surface area contributed by atoms with Gasteiger partial charge in [0.2, 0.25) is 10.0 Å². The van der Waals surface area contributed by atoms with Gasteiger partial charge >= 0.3 is 18.9 Å². The summed E-state index contributed by atoms with van der Waals surface area (Å²) in [5.74, 6) is -0.617. The Hall–Kier alpha value is -2.54. The van der Waals surface area contributed by atoms with Gasteiger partial charge in [-0.3, -0.25) is 4.79 Å². The van der Waals surface area contributed by atoms with E-state index in [2.05, 4.69) is 5.32 Å². The number of sulfonamides is 1. The Bertz CT molecular complexity index is 1510. The minimum absolute atomic E-state index is 0. The summed E-state index contributed by atoms with van der Waals surface area (Å²) in [7, 11) is -3.77. The second-order valence-electron chi connectivity index (χ2n) is 11.6. The molecule has 0 saturated heterocycles. The molecule has 1 N–H and O–H groups in total. The summed E-state index contributed by atoms with van der Waals surface area (Å²) >= 11 is 1.50. The summed E-state index contributed by atoms with van der Waals surface area (Å²) in [6.07, 6.45) is 10.1. The van der Waals surface area contributed by atoms with E-state index in [4.69, 9.17) is 0 Å². The van der Waals surface area contributed by atoms with Crippen molar-refractivity contribution in [3.63, 3.8) is 0 Å². The fourth-order valence-electron chi connectivity index (χ4n) is 5.97. The number of hydrogen-bond acceptors (Lipinski definition) is 6. The number of benzene rings is 3. The smallest absolute Gasteiger partial charge is 0.548 e. The van der Waals surface area contributed by atoms with Gasteiger partial charge < -0.3 is 15.2 Å². The van der Waals surface area contributed by atoms with Gasteiger partial charge in [-0.2, -0.15) is 16.1 Å². The van der Waals surface area contributed by atoms with E-state index >= 15 is 0 Å². The Morgan fingerprint density at radius 1 is 0.978 bits per heavy atom. The van der Waals surface area contributed by atoms with Crippen LogP contribution in [0.25, 0.3) is 11.1 Å². The van der Waals surface area contributed by atoms with Gasteiger partial charge in [0, 0.05) is 18.7 Å². The van der Waals surface area contributed by atoms with E-state index in [1.165, 1.54) is 43.9 Å². The second-order valence-corrected chi connectivity index (χ2v) is 14.5. The number of thioether (sulfide) groups is 1. The van der Waals surface area contributed by atoms with Crippen molar-refractivity contribution in [1.29, 1.82) is 0 Å². The van der Waals surface area contributed by atoms with E-state index in [0.29, 0.717) is 29.3 Å². The number of nitrogens with one attached hydrogen (secondary N) is 1. The normalized spacial score (nSPS) is 14.5. The van der Waals surface area contributed by atoms with E-state index in [-0.39, 0.29) is 36.7 Å². The molecule has 4 rings (SSSR count). The van der Waals surface area contributed by atoms with Crippen molar-refractivity contribution in [2.75, 3.05) is 18.6 Å². The van der Waals surface area contributed by atoms with Gasteiger partial charge in [0.1, 0.15) is 0 Å². The number of carboxylic acid groups (broad SMARTS) is 1. The minimum Gasteiger partial charge on any atom is -0.548 e. The summed E-state index contributed by atoms with van der Waals surface area (Å²) < 4.78 is 29.3. The molecule has 0 spiro atoms. The Kier molecular flexibility index (Phi) is 14.7. The Balaban J connectivity index is 0.00000552. The molecule has 1 aliphatic carbocycles. The van der Waals surface area contributed by atoms with Crippen LogP contribution in [-0.2, 0) is 21.4 Å². The molecule has 1 amide bonds. The average Bonchev–Trinajstić information content (AvgIpc) is 3.03. The molecule has 0 bridgehead atoms. The van der Waals surface area contributed by atoms with Gasteiger partial charge in [0.05, 0.1) is 16.9 Å². The number of aryl methyl sites for hydroxylation is 1. The predicted molar refractivity (Wildman–Crippen MR) is 176 cm³/mol. The maximum absolute atomic E-state index is 13.9. The summed E-state index contributed by atoms with van der Waals surface area (Å²) in [4.78, 5) is 25.5. The molecular formula is C35H43LiN2O5S2. The molecule has 1 aliphatic rings. The number of carbonyl (C=O) groups is 2. The SMILES string of the molecule is CSCCC(NC(=O)c1ccc(CN(CCCC2CCCCC2)S(=O)(=O)c2ccccc2)cc1-c1ccccc1C)C(=O)[O-].[Li+]. The number of nitrogens with zero attached hydrogens (tertiary/aromatic N) is 1. The third kappa shape index (κ3) is 10.2. The summed E-state index contributed by atoms with van der Waals surface area (Å²) in [6.45, 7) is 2.50. The van der Waals surface area contributed by atoms with Crippen LogP contribution in [0.1, 0.15) is 72.9 Å². The third-order valence-corrected chi connectivity index (χ3v) is 11.0. The molecule has 10 heteroatoms. The zero-order chi connectivity index (χ0) is 31.5. The zero-order valence-electron chi connectivity index (χ0n) is 26.7. The molecule has 1 unspecified atom stereocenters. The molecule has 0 heterocycles. The van der Waals surface area contributed by atoms with Crippen LogP contribution >= 0.6 is 11.8 Å². The van der Waals surface area contributed by atoms with E-state index < -0.39 is 27.9 Å². The topological polar surface area (TPSA) is 107 Å². The number of carboxylic acids is 1. The van der Waals surface area contributed by atoms with E-state index in [0.717, 1.165) is 29.5 Å². The molecule has 3 aromatic rings. The van der Waals surface area contributed by atoms with Crippen LogP contribution < -0.4 is 29.3 Å². The standard InChI is InChI=1S/C35H44N2O5S2.Li/c1-26-12-9-10-18-30(26)32-24-28(19-20-31(32)34(38)36-33(35(39)40)21-23-43-2)25-37(22-11-15-27-13-5-3-6-14-27)44(41,42)29-16-7-4-8-17-29;/h4,7-10,12,16-20,24,27,33H,3,5-6,11,13-15,21-23,25H2,1-2H3,(H,36,38)(H,39,40);/q;+1/p-1.